The lowest BCUT2D eigenvalue weighted by Gasteiger charge is -2.35. The number of nitrogens with two attached hydrogens (primary N) is 1. The maximum absolute atomic E-state index is 13.2. The maximum Gasteiger partial charge on any atom is 0.115 e. The Balaban J connectivity index is 2.30. The van der Waals surface area contributed by atoms with Crippen molar-refractivity contribution in [3.8, 4) is 0 Å². The molecule has 1 atom stereocenters. The second kappa shape index (κ2) is 4.91. The minimum absolute atomic E-state index is 0.187. The molecule has 3 heteroatoms. The fourth-order valence-corrected chi connectivity index (χ4v) is 1.99. The first-order chi connectivity index (χ1) is 6.15. The van der Waals surface area contributed by atoms with Gasteiger partial charge in [0.15, 0.2) is 0 Å². The van der Waals surface area contributed by atoms with Crippen LogP contribution in [0, 0.1) is 5.92 Å². The summed E-state index contributed by atoms with van der Waals surface area (Å²) in [6.45, 7) is 6.63. The number of halogens is 1. The van der Waals surface area contributed by atoms with Crippen molar-refractivity contribution in [1.29, 1.82) is 0 Å². The molecule has 1 rings (SSSR count). The van der Waals surface area contributed by atoms with Gasteiger partial charge in [0, 0.05) is 12.6 Å². The van der Waals surface area contributed by atoms with Crippen LogP contribution in [0.5, 0.6) is 0 Å². The minimum atomic E-state index is -0.783. The fraction of sp³-hybridized carbons (Fsp3) is 1.00. The van der Waals surface area contributed by atoms with Crippen LogP contribution in [0.2, 0.25) is 0 Å². The van der Waals surface area contributed by atoms with Crippen LogP contribution in [-0.2, 0) is 0 Å². The molecule has 0 aromatic carbocycles. The van der Waals surface area contributed by atoms with E-state index in [0.717, 1.165) is 25.9 Å². The van der Waals surface area contributed by atoms with Crippen LogP contribution in [0.4, 0.5) is 4.39 Å². The van der Waals surface area contributed by atoms with Crippen molar-refractivity contribution in [1.82, 2.24) is 4.90 Å². The van der Waals surface area contributed by atoms with E-state index in [4.69, 9.17) is 5.73 Å². The number of rotatable bonds is 3. The van der Waals surface area contributed by atoms with Gasteiger partial charge in [0.2, 0.25) is 0 Å². The van der Waals surface area contributed by atoms with Crippen LogP contribution >= 0.6 is 0 Å². The van der Waals surface area contributed by atoms with Crippen LogP contribution in [0.25, 0.3) is 0 Å². The average Bonchev–Trinajstić information content (AvgIpc) is 2.17. The predicted molar refractivity (Wildman–Crippen MR) is 53.4 cm³/mol. The molecule has 78 valence electrons. The topological polar surface area (TPSA) is 29.3 Å². The van der Waals surface area contributed by atoms with E-state index in [1.165, 1.54) is 0 Å². The molecule has 0 saturated carbocycles. The van der Waals surface area contributed by atoms with E-state index in [-0.39, 0.29) is 12.5 Å². The maximum atomic E-state index is 13.2. The zero-order valence-electron chi connectivity index (χ0n) is 8.67. The SMILES string of the molecule is CC(C)N1CCC(C(F)CN)CC1. The van der Waals surface area contributed by atoms with Gasteiger partial charge in [0.1, 0.15) is 6.17 Å². The first-order valence-electron chi connectivity index (χ1n) is 5.23. The Morgan fingerprint density at radius 2 is 1.92 bits per heavy atom. The molecule has 0 aromatic heterocycles. The quantitative estimate of drug-likeness (QED) is 0.725. The molecule has 13 heavy (non-hydrogen) atoms. The molecule has 0 spiro atoms. The van der Waals surface area contributed by atoms with E-state index in [0.29, 0.717) is 6.04 Å². The number of alkyl halides is 1. The molecule has 1 aliphatic rings. The van der Waals surface area contributed by atoms with Crippen LogP contribution < -0.4 is 5.73 Å². The van der Waals surface area contributed by atoms with E-state index < -0.39 is 6.17 Å². The molecule has 0 aliphatic carbocycles. The van der Waals surface area contributed by atoms with E-state index in [1.807, 2.05) is 0 Å². The smallest absolute Gasteiger partial charge is 0.115 e. The highest BCUT2D eigenvalue weighted by atomic mass is 19.1. The van der Waals surface area contributed by atoms with Gasteiger partial charge < -0.3 is 10.6 Å². The van der Waals surface area contributed by atoms with Crippen LogP contribution in [0.3, 0.4) is 0 Å². The van der Waals surface area contributed by atoms with E-state index in [9.17, 15) is 4.39 Å². The summed E-state index contributed by atoms with van der Waals surface area (Å²) in [7, 11) is 0. The van der Waals surface area contributed by atoms with Crippen molar-refractivity contribution in [2.24, 2.45) is 11.7 Å². The number of nitrogens with zero attached hydrogens (tertiary/aromatic N) is 1. The van der Waals surface area contributed by atoms with Crippen molar-refractivity contribution in [2.75, 3.05) is 19.6 Å². The molecule has 0 amide bonds. The molecule has 0 bridgehead atoms. The van der Waals surface area contributed by atoms with Crippen LogP contribution in [0.15, 0.2) is 0 Å². The molecule has 1 unspecified atom stereocenters. The van der Waals surface area contributed by atoms with Crippen molar-refractivity contribution >= 4 is 0 Å². The van der Waals surface area contributed by atoms with Gasteiger partial charge in [-0.15, -0.1) is 0 Å². The highest BCUT2D eigenvalue weighted by Gasteiger charge is 2.26. The Morgan fingerprint density at radius 1 is 1.38 bits per heavy atom. The second-order valence-corrected chi connectivity index (χ2v) is 4.22. The van der Waals surface area contributed by atoms with E-state index in [1.54, 1.807) is 0 Å². The molecule has 1 aliphatic heterocycles. The van der Waals surface area contributed by atoms with Crippen molar-refractivity contribution in [2.45, 2.75) is 38.9 Å². The number of likely N-dealkylation sites (tertiary alicyclic amines) is 1. The number of piperidine rings is 1. The number of hydrogen-bond donors (Lipinski definition) is 1. The van der Waals surface area contributed by atoms with Crippen LogP contribution in [-0.4, -0.2) is 36.7 Å². The normalized spacial score (nSPS) is 23.8. The Bertz CT molecular complexity index is 142. The second-order valence-electron chi connectivity index (χ2n) is 4.22. The highest BCUT2D eigenvalue weighted by Crippen LogP contribution is 2.23. The lowest BCUT2D eigenvalue weighted by atomic mass is 9.91. The van der Waals surface area contributed by atoms with Gasteiger partial charge in [0.25, 0.3) is 0 Å². The first-order valence-corrected chi connectivity index (χ1v) is 5.23. The lowest BCUT2D eigenvalue weighted by molar-refractivity contribution is 0.104. The summed E-state index contributed by atoms with van der Waals surface area (Å²) in [5.74, 6) is 0.208. The summed E-state index contributed by atoms with van der Waals surface area (Å²) >= 11 is 0. The Labute approximate surface area is 80.3 Å². The van der Waals surface area contributed by atoms with Crippen LogP contribution in [0.1, 0.15) is 26.7 Å². The molecule has 1 saturated heterocycles. The Hall–Kier alpha value is -0.150. The average molecular weight is 188 g/mol. The zero-order chi connectivity index (χ0) is 9.84. The van der Waals surface area contributed by atoms with E-state index in [2.05, 4.69) is 18.7 Å². The molecular formula is C10H21FN2. The predicted octanol–water partition coefficient (Wildman–Crippen LogP) is 1.40. The summed E-state index contributed by atoms with van der Waals surface area (Å²) in [5, 5.41) is 0. The minimum Gasteiger partial charge on any atom is -0.328 e. The van der Waals surface area contributed by atoms with Gasteiger partial charge in [-0.25, -0.2) is 4.39 Å². The highest BCUT2D eigenvalue weighted by molar-refractivity contribution is 4.79. The van der Waals surface area contributed by atoms with Crippen molar-refractivity contribution < 1.29 is 4.39 Å². The summed E-state index contributed by atoms with van der Waals surface area (Å²) in [6.07, 6.45) is 1.15. The Kier molecular flexibility index (Phi) is 4.13. The largest absolute Gasteiger partial charge is 0.328 e. The van der Waals surface area contributed by atoms with E-state index >= 15 is 0 Å². The molecule has 2 N–H and O–H groups in total. The molecule has 2 nitrogen and oxygen atoms in total. The van der Waals surface area contributed by atoms with Gasteiger partial charge >= 0.3 is 0 Å². The molecule has 1 fully saturated rings. The van der Waals surface area contributed by atoms with Gasteiger partial charge in [-0.2, -0.15) is 0 Å². The van der Waals surface area contributed by atoms with Crippen molar-refractivity contribution in [3.63, 3.8) is 0 Å². The fourth-order valence-electron chi connectivity index (χ4n) is 1.99. The van der Waals surface area contributed by atoms with Gasteiger partial charge in [0.05, 0.1) is 0 Å². The molecular weight excluding hydrogens is 167 g/mol. The molecule has 0 radical (unpaired) electrons. The lowest BCUT2D eigenvalue weighted by Crippen LogP contribution is -2.41. The standard InChI is InChI=1S/C10H21FN2/c1-8(2)13-5-3-9(4-6-13)10(11)7-12/h8-10H,3-7,12H2,1-2H3. The zero-order valence-corrected chi connectivity index (χ0v) is 8.67. The third-order valence-electron chi connectivity index (χ3n) is 3.04. The summed E-state index contributed by atoms with van der Waals surface area (Å²) < 4.78 is 13.2. The monoisotopic (exact) mass is 188 g/mol. The van der Waals surface area contributed by atoms with Gasteiger partial charge in [-0.3, -0.25) is 0 Å². The first kappa shape index (κ1) is 10.9. The third-order valence-corrected chi connectivity index (χ3v) is 3.04. The third kappa shape index (κ3) is 2.92. The van der Waals surface area contributed by atoms with Gasteiger partial charge in [-0.1, -0.05) is 0 Å². The Morgan fingerprint density at radius 3 is 2.31 bits per heavy atom. The van der Waals surface area contributed by atoms with Gasteiger partial charge in [-0.05, 0) is 45.7 Å². The number of hydrogen-bond acceptors (Lipinski definition) is 2. The summed E-state index contributed by atoms with van der Waals surface area (Å²) in [4.78, 5) is 2.40. The summed E-state index contributed by atoms with van der Waals surface area (Å²) in [6, 6.07) is 0.594. The summed E-state index contributed by atoms with van der Waals surface area (Å²) in [5.41, 5.74) is 5.31. The molecule has 0 aromatic rings. The van der Waals surface area contributed by atoms with Crippen molar-refractivity contribution in [3.05, 3.63) is 0 Å². The molecule has 1 heterocycles.